The minimum atomic E-state index is -3.80. The van der Waals surface area contributed by atoms with Crippen molar-refractivity contribution in [3.8, 4) is 0 Å². The van der Waals surface area contributed by atoms with Crippen LogP contribution in [-0.4, -0.2) is 50.0 Å². The summed E-state index contributed by atoms with van der Waals surface area (Å²) in [5.74, 6) is -0.740. The van der Waals surface area contributed by atoms with Crippen LogP contribution < -0.4 is 9.62 Å². The van der Waals surface area contributed by atoms with Gasteiger partial charge in [0.25, 0.3) is 0 Å². The molecule has 0 bridgehead atoms. The Bertz CT molecular complexity index is 1380. The second kappa shape index (κ2) is 13.8. The van der Waals surface area contributed by atoms with Crippen molar-refractivity contribution in [3.05, 3.63) is 101 Å². The predicted molar refractivity (Wildman–Crippen MR) is 160 cm³/mol. The summed E-state index contributed by atoms with van der Waals surface area (Å²) in [5.41, 5.74) is 1.94. The Labute approximate surface area is 242 Å². The van der Waals surface area contributed by atoms with Gasteiger partial charge in [0, 0.05) is 24.0 Å². The number of benzene rings is 3. The first kappa shape index (κ1) is 29.6. The second-order valence-corrected chi connectivity index (χ2v) is 12.6. The molecule has 1 fully saturated rings. The van der Waals surface area contributed by atoms with E-state index in [0.717, 1.165) is 48.2 Å². The molecular formula is C31H36ClN3O4S. The van der Waals surface area contributed by atoms with Crippen molar-refractivity contribution in [1.82, 2.24) is 10.2 Å². The summed E-state index contributed by atoms with van der Waals surface area (Å²) in [6, 6.07) is 24.4. The van der Waals surface area contributed by atoms with E-state index in [0.29, 0.717) is 16.3 Å². The molecule has 3 aromatic rings. The minimum absolute atomic E-state index is 0.0497. The maximum absolute atomic E-state index is 14.1. The molecule has 3 aromatic carbocycles. The van der Waals surface area contributed by atoms with Crippen LogP contribution in [0.5, 0.6) is 0 Å². The molecule has 2 amide bonds. The van der Waals surface area contributed by atoms with Crippen molar-refractivity contribution >= 4 is 39.1 Å². The third-order valence-corrected chi connectivity index (χ3v) is 8.75. The number of para-hydroxylation sites is 1. The fourth-order valence-electron chi connectivity index (χ4n) is 5.12. The van der Waals surface area contributed by atoms with Crippen LogP contribution in [0, 0.1) is 0 Å². The third-order valence-electron chi connectivity index (χ3n) is 7.24. The molecule has 0 radical (unpaired) electrons. The lowest BCUT2D eigenvalue weighted by atomic mass is 9.94. The highest BCUT2D eigenvalue weighted by molar-refractivity contribution is 7.92. The van der Waals surface area contributed by atoms with Gasteiger partial charge in [0.15, 0.2) is 0 Å². The molecule has 40 heavy (non-hydrogen) atoms. The number of carbonyl (C=O) groups excluding carboxylic acids is 2. The van der Waals surface area contributed by atoms with Gasteiger partial charge in [-0.05, 0) is 42.2 Å². The van der Waals surface area contributed by atoms with Crippen LogP contribution in [0.4, 0.5) is 5.69 Å². The Morgan fingerprint density at radius 3 is 2.12 bits per heavy atom. The highest BCUT2D eigenvalue weighted by atomic mass is 35.5. The molecule has 1 N–H and O–H groups in total. The summed E-state index contributed by atoms with van der Waals surface area (Å²) < 4.78 is 26.7. The van der Waals surface area contributed by atoms with E-state index in [-0.39, 0.29) is 24.9 Å². The molecule has 0 heterocycles. The third kappa shape index (κ3) is 8.08. The number of carbonyl (C=O) groups is 2. The van der Waals surface area contributed by atoms with Crippen LogP contribution in [0.15, 0.2) is 84.9 Å². The zero-order chi connectivity index (χ0) is 28.5. The topological polar surface area (TPSA) is 86.8 Å². The highest BCUT2D eigenvalue weighted by Gasteiger charge is 2.34. The van der Waals surface area contributed by atoms with Gasteiger partial charge >= 0.3 is 0 Å². The van der Waals surface area contributed by atoms with E-state index in [1.54, 1.807) is 42.5 Å². The Balaban J connectivity index is 1.72. The fourth-order valence-corrected chi connectivity index (χ4v) is 6.16. The van der Waals surface area contributed by atoms with Gasteiger partial charge in [0.05, 0.1) is 11.9 Å². The molecular weight excluding hydrogens is 546 g/mol. The molecule has 212 valence electrons. The number of hydrogen-bond donors (Lipinski definition) is 1. The van der Waals surface area contributed by atoms with Crippen LogP contribution in [0.2, 0.25) is 5.02 Å². The van der Waals surface area contributed by atoms with Crippen molar-refractivity contribution in [2.24, 2.45) is 0 Å². The van der Waals surface area contributed by atoms with Crippen LogP contribution in [-0.2, 0) is 32.6 Å². The monoisotopic (exact) mass is 581 g/mol. The zero-order valence-electron chi connectivity index (χ0n) is 22.7. The van der Waals surface area contributed by atoms with E-state index in [2.05, 4.69) is 5.32 Å². The summed E-state index contributed by atoms with van der Waals surface area (Å²) >= 11 is 6.50. The minimum Gasteiger partial charge on any atom is -0.352 e. The SMILES string of the molecule is CS(=O)(=O)N(CC(=O)N(Cc1ccccc1Cl)C(Cc1ccccc1)C(=O)NC1CCCCC1)c1ccccc1. The smallest absolute Gasteiger partial charge is 0.244 e. The first-order chi connectivity index (χ1) is 19.2. The van der Waals surface area contributed by atoms with Gasteiger partial charge in [-0.25, -0.2) is 8.42 Å². The molecule has 0 aromatic heterocycles. The van der Waals surface area contributed by atoms with E-state index in [9.17, 15) is 18.0 Å². The number of halogens is 1. The average Bonchev–Trinajstić information content (AvgIpc) is 2.95. The molecule has 4 rings (SSSR count). The Morgan fingerprint density at radius 1 is 0.900 bits per heavy atom. The summed E-state index contributed by atoms with van der Waals surface area (Å²) in [5, 5.41) is 3.66. The van der Waals surface area contributed by atoms with Gasteiger partial charge in [-0.1, -0.05) is 97.6 Å². The summed E-state index contributed by atoms with van der Waals surface area (Å²) in [6.45, 7) is -0.393. The van der Waals surface area contributed by atoms with Gasteiger partial charge in [-0.2, -0.15) is 0 Å². The zero-order valence-corrected chi connectivity index (χ0v) is 24.3. The van der Waals surface area contributed by atoms with Gasteiger partial charge in [-0.3, -0.25) is 13.9 Å². The van der Waals surface area contributed by atoms with Gasteiger partial charge < -0.3 is 10.2 Å². The van der Waals surface area contributed by atoms with Crippen molar-refractivity contribution in [2.45, 2.75) is 57.2 Å². The first-order valence-corrected chi connectivity index (χ1v) is 15.8. The number of nitrogens with zero attached hydrogens (tertiary/aromatic N) is 2. The number of rotatable bonds is 11. The standard InChI is InChI=1S/C31H36ClN3O4S/c1-40(38,39)35(27-18-9-4-10-19-27)23-30(36)34(22-25-15-11-12-20-28(25)32)29(21-24-13-5-2-6-14-24)31(37)33-26-16-7-3-8-17-26/h2,4-6,9-15,18-20,26,29H,3,7-8,16-17,21-23H2,1H3,(H,33,37). The summed E-state index contributed by atoms with van der Waals surface area (Å²) in [4.78, 5) is 29.5. The number of nitrogens with one attached hydrogen (secondary N) is 1. The molecule has 1 unspecified atom stereocenters. The van der Waals surface area contributed by atoms with Crippen LogP contribution >= 0.6 is 11.6 Å². The van der Waals surface area contributed by atoms with Crippen molar-refractivity contribution in [2.75, 3.05) is 17.1 Å². The van der Waals surface area contributed by atoms with Crippen molar-refractivity contribution < 1.29 is 18.0 Å². The highest BCUT2D eigenvalue weighted by Crippen LogP contribution is 2.24. The average molecular weight is 582 g/mol. The first-order valence-electron chi connectivity index (χ1n) is 13.6. The summed E-state index contributed by atoms with van der Waals surface area (Å²) in [6.07, 6.45) is 6.41. The van der Waals surface area contributed by atoms with Gasteiger partial charge in [-0.15, -0.1) is 0 Å². The largest absolute Gasteiger partial charge is 0.352 e. The van der Waals surface area contributed by atoms with E-state index in [1.807, 2.05) is 42.5 Å². The number of amides is 2. The quantitative estimate of drug-likeness (QED) is 0.337. The van der Waals surface area contributed by atoms with Gasteiger partial charge in [0.2, 0.25) is 21.8 Å². The lowest BCUT2D eigenvalue weighted by molar-refractivity contribution is -0.140. The van der Waals surface area contributed by atoms with Crippen molar-refractivity contribution in [3.63, 3.8) is 0 Å². The fraction of sp³-hybridized carbons (Fsp3) is 0.355. The molecule has 1 atom stereocenters. The van der Waals surface area contributed by atoms with E-state index >= 15 is 0 Å². The lowest BCUT2D eigenvalue weighted by Crippen LogP contribution is -2.55. The summed E-state index contributed by atoms with van der Waals surface area (Å²) in [7, 11) is -3.80. The molecule has 0 spiro atoms. The number of sulfonamides is 1. The van der Waals surface area contributed by atoms with Crippen LogP contribution in [0.1, 0.15) is 43.2 Å². The Hall–Kier alpha value is -3.36. The van der Waals surface area contributed by atoms with E-state index in [1.165, 1.54) is 4.90 Å². The second-order valence-electron chi connectivity index (χ2n) is 10.3. The molecule has 9 heteroatoms. The maximum atomic E-state index is 14.1. The van der Waals surface area contributed by atoms with E-state index in [4.69, 9.17) is 11.6 Å². The number of hydrogen-bond acceptors (Lipinski definition) is 4. The molecule has 1 aliphatic rings. The van der Waals surface area contributed by atoms with Gasteiger partial charge in [0.1, 0.15) is 12.6 Å². The van der Waals surface area contributed by atoms with E-state index < -0.39 is 28.5 Å². The lowest BCUT2D eigenvalue weighted by Gasteiger charge is -2.35. The normalized spacial score (nSPS) is 14.8. The molecule has 0 saturated heterocycles. The Kier molecular flexibility index (Phi) is 10.2. The molecule has 1 aliphatic carbocycles. The number of anilines is 1. The van der Waals surface area contributed by atoms with Crippen LogP contribution in [0.25, 0.3) is 0 Å². The van der Waals surface area contributed by atoms with Crippen molar-refractivity contribution in [1.29, 1.82) is 0 Å². The maximum Gasteiger partial charge on any atom is 0.244 e. The van der Waals surface area contributed by atoms with Crippen LogP contribution in [0.3, 0.4) is 0 Å². The molecule has 1 saturated carbocycles. The predicted octanol–water partition coefficient (Wildman–Crippen LogP) is 5.20. The Morgan fingerprint density at radius 2 is 1.50 bits per heavy atom. The molecule has 0 aliphatic heterocycles. The molecule has 7 nitrogen and oxygen atoms in total.